The van der Waals surface area contributed by atoms with Crippen molar-refractivity contribution in [3.63, 3.8) is 0 Å². The van der Waals surface area contributed by atoms with E-state index < -0.39 is 0 Å². The Balaban J connectivity index is 1.65. The van der Waals surface area contributed by atoms with E-state index in [0.29, 0.717) is 12.0 Å². The van der Waals surface area contributed by atoms with Gasteiger partial charge in [0.2, 0.25) is 0 Å². The maximum absolute atomic E-state index is 4.83. The van der Waals surface area contributed by atoms with Gasteiger partial charge < -0.3 is 9.47 Å². The Morgan fingerprint density at radius 2 is 2.19 bits per heavy atom. The normalized spacial score (nSPS) is 29.0. The minimum atomic E-state index is 0.553. The molecular formula is C18H29N3. The van der Waals surface area contributed by atoms with Crippen molar-refractivity contribution >= 4 is 6.08 Å². The van der Waals surface area contributed by atoms with Crippen molar-refractivity contribution < 1.29 is 0 Å². The first-order valence-electron chi connectivity index (χ1n) is 8.69. The summed E-state index contributed by atoms with van der Waals surface area (Å²) in [4.78, 5) is 7.44. The fraction of sp³-hybridized carbons (Fsp3) is 0.722. The molecule has 1 aromatic heterocycles. The molecule has 3 atom stereocenters. The fourth-order valence-electron chi connectivity index (χ4n) is 3.86. The van der Waals surface area contributed by atoms with Gasteiger partial charge in [-0.1, -0.05) is 19.4 Å². The summed E-state index contributed by atoms with van der Waals surface area (Å²) >= 11 is 0. The Hall–Kier alpha value is -1.09. The van der Waals surface area contributed by atoms with E-state index in [9.17, 15) is 0 Å². The molecule has 2 aliphatic heterocycles. The highest BCUT2D eigenvalue weighted by molar-refractivity contribution is 5.44. The first-order chi connectivity index (χ1) is 10.2. The molecule has 3 nitrogen and oxygen atoms in total. The van der Waals surface area contributed by atoms with Crippen LogP contribution in [0, 0.1) is 5.92 Å². The third-order valence-electron chi connectivity index (χ3n) is 5.33. The monoisotopic (exact) mass is 287 g/mol. The smallest absolute Gasteiger partial charge is 0.132 e. The molecule has 116 valence electrons. The van der Waals surface area contributed by atoms with Crippen LogP contribution in [0.5, 0.6) is 0 Å². The molecule has 0 saturated carbocycles. The Bertz CT molecular complexity index is 503. The van der Waals surface area contributed by atoms with E-state index in [1.165, 1.54) is 37.9 Å². The maximum Gasteiger partial charge on any atom is 0.132 e. The van der Waals surface area contributed by atoms with Gasteiger partial charge in [0.25, 0.3) is 0 Å². The highest BCUT2D eigenvalue weighted by Gasteiger charge is 2.23. The van der Waals surface area contributed by atoms with Crippen molar-refractivity contribution in [2.24, 2.45) is 5.92 Å². The van der Waals surface area contributed by atoms with Crippen LogP contribution in [-0.4, -0.2) is 33.6 Å². The third-order valence-corrected chi connectivity index (χ3v) is 5.33. The molecule has 0 aliphatic carbocycles. The Morgan fingerprint density at radius 1 is 1.33 bits per heavy atom. The summed E-state index contributed by atoms with van der Waals surface area (Å²) in [5.74, 6) is 1.82. The number of likely N-dealkylation sites (tertiary alicyclic amines) is 1. The Labute approximate surface area is 129 Å². The summed E-state index contributed by atoms with van der Waals surface area (Å²) in [6, 6.07) is 1.31. The second-order valence-electron chi connectivity index (χ2n) is 6.83. The minimum absolute atomic E-state index is 0.553. The molecule has 0 N–H and O–H groups in total. The summed E-state index contributed by atoms with van der Waals surface area (Å²) in [5.41, 5.74) is 1.26. The summed E-state index contributed by atoms with van der Waals surface area (Å²) in [5, 5.41) is 0. The van der Waals surface area contributed by atoms with Crippen LogP contribution in [0.3, 0.4) is 0 Å². The number of hydrogen-bond acceptors (Lipinski definition) is 2. The van der Waals surface area contributed by atoms with E-state index in [4.69, 9.17) is 4.98 Å². The average Bonchev–Trinajstić information content (AvgIpc) is 3.06. The van der Waals surface area contributed by atoms with Crippen LogP contribution < -0.4 is 0 Å². The number of fused-ring (bicyclic) bond motifs is 1. The SMILES string of the molecule is CCCC1C=Cc2nc(CCN3CCCC3C)cn2C1C. The summed E-state index contributed by atoms with van der Waals surface area (Å²) in [6.07, 6.45) is 13.2. The van der Waals surface area contributed by atoms with Crippen LogP contribution >= 0.6 is 0 Å². The molecule has 0 spiro atoms. The topological polar surface area (TPSA) is 21.1 Å². The zero-order valence-corrected chi connectivity index (χ0v) is 13.8. The number of hydrogen-bond donors (Lipinski definition) is 0. The Kier molecular flexibility index (Phi) is 4.48. The zero-order valence-electron chi connectivity index (χ0n) is 13.8. The molecule has 0 aromatic carbocycles. The van der Waals surface area contributed by atoms with E-state index in [1.54, 1.807) is 0 Å². The molecule has 21 heavy (non-hydrogen) atoms. The largest absolute Gasteiger partial charge is 0.328 e. The highest BCUT2D eigenvalue weighted by atomic mass is 15.2. The van der Waals surface area contributed by atoms with Crippen LogP contribution in [0.4, 0.5) is 0 Å². The molecule has 1 aromatic rings. The number of rotatable bonds is 5. The van der Waals surface area contributed by atoms with Gasteiger partial charge in [-0.05, 0) is 51.6 Å². The summed E-state index contributed by atoms with van der Waals surface area (Å²) < 4.78 is 2.39. The van der Waals surface area contributed by atoms with E-state index in [-0.39, 0.29) is 0 Å². The van der Waals surface area contributed by atoms with Gasteiger partial charge in [0, 0.05) is 31.2 Å². The molecule has 3 heterocycles. The molecular weight excluding hydrogens is 258 g/mol. The van der Waals surface area contributed by atoms with Crippen LogP contribution in [-0.2, 0) is 6.42 Å². The average molecular weight is 287 g/mol. The first-order valence-corrected chi connectivity index (χ1v) is 8.69. The second-order valence-corrected chi connectivity index (χ2v) is 6.83. The molecule has 1 fully saturated rings. The Morgan fingerprint density at radius 3 is 2.90 bits per heavy atom. The van der Waals surface area contributed by atoms with Crippen LogP contribution in [0.2, 0.25) is 0 Å². The van der Waals surface area contributed by atoms with E-state index in [0.717, 1.165) is 24.8 Å². The van der Waals surface area contributed by atoms with Gasteiger partial charge in [0.05, 0.1) is 5.69 Å². The molecule has 3 heteroatoms. The lowest BCUT2D eigenvalue weighted by molar-refractivity contribution is 0.271. The zero-order chi connectivity index (χ0) is 14.8. The fourth-order valence-corrected chi connectivity index (χ4v) is 3.86. The predicted molar refractivity (Wildman–Crippen MR) is 88.3 cm³/mol. The van der Waals surface area contributed by atoms with Crippen LogP contribution in [0.15, 0.2) is 12.3 Å². The number of allylic oxidation sites excluding steroid dienone is 1. The minimum Gasteiger partial charge on any atom is -0.328 e. The molecule has 0 amide bonds. The van der Waals surface area contributed by atoms with Gasteiger partial charge in [-0.3, -0.25) is 0 Å². The van der Waals surface area contributed by atoms with Gasteiger partial charge in [-0.15, -0.1) is 0 Å². The third kappa shape index (κ3) is 3.08. The van der Waals surface area contributed by atoms with Crippen LogP contribution in [0.1, 0.15) is 64.0 Å². The van der Waals surface area contributed by atoms with Crippen molar-refractivity contribution in [1.82, 2.24) is 14.5 Å². The van der Waals surface area contributed by atoms with E-state index in [2.05, 4.69) is 48.6 Å². The highest BCUT2D eigenvalue weighted by Crippen LogP contribution is 2.30. The van der Waals surface area contributed by atoms with Crippen molar-refractivity contribution in [2.45, 2.75) is 65.0 Å². The predicted octanol–water partition coefficient (Wildman–Crippen LogP) is 3.91. The number of imidazole rings is 1. The van der Waals surface area contributed by atoms with Gasteiger partial charge in [0.15, 0.2) is 0 Å². The molecule has 0 bridgehead atoms. The lowest BCUT2D eigenvalue weighted by Crippen LogP contribution is -2.29. The van der Waals surface area contributed by atoms with Gasteiger partial charge in [-0.2, -0.15) is 0 Å². The molecule has 0 radical (unpaired) electrons. The molecule has 3 unspecified atom stereocenters. The van der Waals surface area contributed by atoms with Crippen LogP contribution in [0.25, 0.3) is 6.08 Å². The van der Waals surface area contributed by atoms with Crippen molar-refractivity contribution in [3.8, 4) is 0 Å². The quantitative estimate of drug-likeness (QED) is 0.818. The second kappa shape index (κ2) is 6.35. The molecule has 3 rings (SSSR count). The molecule has 1 saturated heterocycles. The standard InChI is InChI=1S/C18H29N3/c1-4-6-16-8-9-18-19-17(13-21(18)15(16)3)10-12-20-11-5-7-14(20)2/h8-9,13-16H,4-7,10-12H2,1-3H3. The summed E-state index contributed by atoms with van der Waals surface area (Å²) in [6.45, 7) is 9.39. The van der Waals surface area contributed by atoms with Gasteiger partial charge in [0.1, 0.15) is 5.82 Å². The maximum atomic E-state index is 4.83. The number of nitrogens with zero attached hydrogens (tertiary/aromatic N) is 3. The first kappa shape index (κ1) is 14.8. The van der Waals surface area contributed by atoms with Crippen molar-refractivity contribution in [1.29, 1.82) is 0 Å². The summed E-state index contributed by atoms with van der Waals surface area (Å²) in [7, 11) is 0. The van der Waals surface area contributed by atoms with Crippen molar-refractivity contribution in [2.75, 3.05) is 13.1 Å². The van der Waals surface area contributed by atoms with E-state index in [1.807, 2.05) is 0 Å². The number of aromatic nitrogens is 2. The lowest BCUT2D eigenvalue weighted by atomic mass is 9.93. The van der Waals surface area contributed by atoms with Crippen molar-refractivity contribution in [3.05, 3.63) is 23.8 Å². The van der Waals surface area contributed by atoms with Gasteiger partial charge >= 0.3 is 0 Å². The molecule has 2 aliphatic rings. The lowest BCUT2D eigenvalue weighted by Gasteiger charge is -2.26. The van der Waals surface area contributed by atoms with Gasteiger partial charge in [-0.25, -0.2) is 4.98 Å². The van der Waals surface area contributed by atoms with E-state index >= 15 is 0 Å².